The fourth-order valence-corrected chi connectivity index (χ4v) is 4.48. The second-order valence-corrected chi connectivity index (χ2v) is 9.80. The van der Waals surface area contributed by atoms with Crippen LogP contribution in [0.5, 0.6) is 0 Å². The van der Waals surface area contributed by atoms with Crippen LogP contribution in [0.3, 0.4) is 0 Å². The summed E-state index contributed by atoms with van der Waals surface area (Å²) in [6.07, 6.45) is 0. The molecule has 0 fully saturated rings. The highest BCUT2D eigenvalue weighted by Crippen LogP contribution is 2.20. The molecule has 0 bridgehead atoms. The molecular formula is C18H22N4O7S4. The van der Waals surface area contributed by atoms with Crippen molar-refractivity contribution in [1.29, 1.82) is 0 Å². The second kappa shape index (κ2) is 14.6. The molecule has 6 N–H and O–H groups in total. The number of hydrogen-bond donors (Lipinski definition) is 6. The first-order valence-electron chi connectivity index (χ1n) is 9.11. The van der Waals surface area contributed by atoms with Crippen LogP contribution < -0.4 is 20.7 Å². The van der Waals surface area contributed by atoms with Crippen LogP contribution in [-0.4, -0.2) is 67.1 Å². The number of carbonyl (C=O) groups is 5. The number of carboxylic acids is 2. The molecular weight excluding hydrogens is 512 g/mol. The average Bonchev–Trinajstić information content (AvgIpc) is 2.72. The molecule has 33 heavy (non-hydrogen) atoms. The van der Waals surface area contributed by atoms with E-state index in [1.165, 1.54) is 13.8 Å². The van der Waals surface area contributed by atoms with Crippen LogP contribution >= 0.6 is 47.7 Å². The van der Waals surface area contributed by atoms with Crippen LogP contribution in [0.2, 0.25) is 0 Å². The Morgan fingerprint density at radius 1 is 0.879 bits per heavy atom. The van der Waals surface area contributed by atoms with Gasteiger partial charge in [0.25, 0.3) is 5.24 Å². The highest BCUT2D eigenvalue weighted by Gasteiger charge is 2.20. The van der Waals surface area contributed by atoms with Crippen molar-refractivity contribution in [3.8, 4) is 0 Å². The zero-order valence-electron chi connectivity index (χ0n) is 17.4. The van der Waals surface area contributed by atoms with Crippen molar-refractivity contribution in [3.63, 3.8) is 0 Å². The number of thiocarbonyl (C=S) groups is 1. The molecule has 15 heteroatoms. The molecule has 0 aliphatic heterocycles. The lowest BCUT2D eigenvalue weighted by atomic mass is 10.3. The van der Waals surface area contributed by atoms with Gasteiger partial charge in [0.05, 0.1) is 0 Å². The molecule has 0 saturated heterocycles. The highest BCUT2D eigenvalue weighted by atomic mass is 32.2. The fraction of sp³-hybridized carbons (Fsp3) is 0.333. The van der Waals surface area contributed by atoms with E-state index in [1.807, 2.05) is 0 Å². The van der Waals surface area contributed by atoms with Crippen molar-refractivity contribution in [2.75, 3.05) is 16.8 Å². The molecule has 1 aromatic rings. The Bertz CT molecular complexity index is 898. The van der Waals surface area contributed by atoms with E-state index >= 15 is 0 Å². The molecule has 180 valence electrons. The van der Waals surface area contributed by atoms with Crippen LogP contribution in [0.4, 0.5) is 10.5 Å². The van der Waals surface area contributed by atoms with E-state index < -0.39 is 41.1 Å². The van der Waals surface area contributed by atoms with Gasteiger partial charge in [-0.15, -0.1) is 0 Å². The van der Waals surface area contributed by atoms with Gasteiger partial charge in [0.1, 0.15) is 16.4 Å². The number of anilines is 1. The number of aliphatic carboxylic acids is 2. The first-order chi connectivity index (χ1) is 15.5. The van der Waals surface area contributed by atoms with Crippen molar-refractivity contribution in [3.05, 3.63) is 24.3 Å². The fourth-order valence-electron chi connectivity index (χ4n) is 2.05. The zero-order chi connectivity index (χ0) is 25.0. The van der Waals surface area contributed by atoms with Gasteiger partial charge in [-0.1, -0.05) is 35.7 Å². The van der Waals surface area contributed by atoms with Gasteiger partial charge in [-0.05, 0) is 36.2 Å². The predicted molar refractivity (Wildman–Crippen MR) is 132 cm³/mol. The van der Waals surface area contributed by atoms with E-state index in [0.29, 0.717) is 14.9 Å². The molecule has 0 heterocycles. The number of carboxylic acid groups (broad SMARTS) is 2. The van der Waals surface area contributed by atoms with Gasteiger partial charge in [-0.25, -0.2) is 9.59 Å². The number of thioether (sulfide) groups is 2. The topological polar surface area (TPSA) is 174 Å². The highest BCUT2D eigenvalue weighted by molar-refractivity contribution is 8.23. The Morgan fingerprint density at radius 2 is 1.36 bits per heavy atom. The molecule has 0 spiro atoms. The number of carbonyl (C=O) groups excluding carboxylic acids is 3. The lowest BCUT2D eigenvalue weighted by molar-refractivity contribution is -0.141. The van der Waals surface area contributed by atoms with Crippen LogP contribution in [0.1, 0.15) is 13.8 Å². The van der Waals surface area contributed by atoms with Gasteiger partial charge in [0.15, 0.2) is 0 Å². The van der Waals surface area contributed by atoms with Crippen molar-refractivity contribution < 1.29 is 34.2 Å². The molecule has 0 aliphatic carbocycles. The number of benzene rings is 1. The van der Waals surface area contributed by atoms with E-state index in [4.69, 9.17) is 22.4 Å². The summed E-state index contributed by atoms with van der Waals surface area (Å²) >= 11 is 8.01. The number of amides is 3. The molecule has 1 aromatic carbocycles. The lowest BCUT2D eigenvalue weighted by Gasteiger charge is -2.14. The van der Waals surface area contributed by atoms with Crippen LogP contribution in [0.15, 0.2) is 29.2 Å². The molecule has 3 amide bonds. The Hall–Kier alpha value is -2.49. The summed E-state index contributed by atoms with van der Waals surface area (Å²) in [4.78, 5) is 56.8. The Morgan fingerprint density at radius 3 is 1.82 bits per heavy atom. The molecule has 0 aliphatic rings. The van der Waals surface area contributed by atoms with Gasteiger partial charge in [0.2, 0.25) is 11.8 Å². The predicted octanol–water partition coefficient (Wildman–Crippen LogP) is 1.75. The maximum absolute atomic E-state index is 11.9. The molecule has 0 aromatic heterocycles. The first kappa shape index (κ1) is 28.5. The maximum atomic E-state index is 11.9. The molecule has 1 rings (SSSR count). The Kier molecular flexibility index (Phi) is 12.6. The summed E-state index contributed by atoms with van der Waals surface area (Å²) in [5, 5.41) is 25.2. The van der Waals surface area contributed by atoms with E-state index in [1.54, 1.807) is 24.3 Å². The SMILES string of the molecule is CC(=O)NC(CSC(=O)NSc1ccc(NC(=S)SCC(NC(C)=O)C(=O)O)cc1)C(=O)O. The van der Waals surface area contributed by atoms with Gasteiger partial charge in [-0.3, -0.25) is 19.1 Å². The summed E-state index contributed by atoms with van der Waals surface area (Å²) in [7, 11) is 0. The van der Waals surface area contributed by atoms with Crippen LogP contribution in [0.25, 0.3) is 0 Å². The van der Waals surface area contributed by atoms with Gasteiger partial charge >= 0.3 is 11.9 Å². The lowest BCUT2D eigenvalue weighted by Crippen LogP contribution is -2.41. The number of rotatable bonds is 11. The minimum absolute atomic E-state index is 0.0586. The molecule has 11 nitrogen and oxygen atoms in total. The molecule has 0 saturated carbocycles. The van der Waals surface area contributed by atoms with Gasteiger partial charge < -0.3 is 26.2 Å². The molecule has 2 unspecified atom stereocenters. The van der Waals surface area contributed by atoms with Gasteiger partial charge in [-0.2, -0.15) is 0 Å². The standard InChI is InChI=1S/C18H22N4O7S4/c1-9(23)19-13(15(25)26)7-31-17(29)22-33-12-5-3-11(4-6-12)21-18(30)32-8-14(16(27)28)20-10(2)24/h3-6,13-14H,7-8H2,1-2H3,(H,19,23)(H,20,24)(H,21,30)(H,22,29)(H,25,26)(H,27,28). The van der Waals surface area contributed by atoms with E-state index in [-0.39, 0.29) is 11.5 Å². The van der Waals surface area contributed by atoms with Crippen molar-refractivity contribution in [2.24, 2.45) is 0 Å². The smallest absolute Gasteiger partial charge is 0.327 e. The average molecular weight is 535 g/mol. The minimum atomic E-state index is -1.23. The van der Waals surface area contributed by atoms with Crippen LogP contribution in [-0.2, 0) is 19.2 Å². The summed E-state index contributed by atoms with van der Waals surface area (Å²) in [5.41, 5.74) is 0.642. The molecule has 0 radical (unpaired) electrons. The van der Waals surface area contributed by atoms with E-state index in [9.17, 15) is 24.0 Å². The third kappa shape index (κ3) is 12.4. The maximum Gasteiger partial charge on any atom is 0.327 e. The summed E-state index contributed by atoms with van der Waals surface area (Å²) in [5.74, 6) is -3.40. The van der Waals surface area contributed by atoms with Crippen molar-refractivity contribution in [2.45, 2.75) is 30.8 Å². The number of hydrogen-bond acceptors (Lipinski definition) is 9. The zero-order valence-corrected chi connectivity index (χ0v) is 20.7. The monoisotopic (exact) mass is 534 g/mol. The Balaban J connectivity index is 2.45. The number of nitrogens with one attached hydrogen (secondary N) is 4. The molecule has 2 atom stereocenters. The third-order valence-electron chi connectivity index (χ3n) is 3.47. The van der Waals surface area contributed by atoms with Crippen molar-refractivity contribution >= 4 is 86.7 Å². The minimum Gasteiger partial charge on any atom is -0.480 e. The second-order valence-electron chi connectivity index (χ2n) is 6.23. The summed E-state index contributed by atoms with van der Waals surface area (Å²) in [6, 6.07) is 4.60. The normalized spacial score (nSPS) is 12.1. The summed E-state index contributed by atoms with van der Waals surface area (Å²) in [6.45, 7) is 2.43. The Labute approximate surface area is 207 Å². The third-order valence-corrected chi connectivity index (χ3v) is 6.57. The first-order valence-corrected chi connectivity index (χ1v) is 12.3. The van der Waals surface area contributed by atoms with Crippen molar-refractivity contribution in [1.82, 2.24) is 15.4 Å². The van der Waals surface area contributed by atoms with Gasteiger partial charge in [0, 0.05) is 35.9 Å². The quantitative estimate of drug-likeness (QED) is 0.180. The van der Waals surface area contributed by atoms with Crippen LogP contribution in [0, 0.1) is 0 Å². The largest absolute Gasteiger partial charge is 0.480 e. The summed E-state index contributed by atoms with van der Waals surface area (Å²) < 4.78 is 2.88. The van der Waals surface area contributed by atoms with E-state index in [2.05, 4.69) is 20.7 Å². The van der Waals surface area contributed by atoms with E-state index in [0.717, 1.165) is 35.5 Å².